The van der Waals surface area contributed by atoms with Gasteiger partial charge in [0, 0.05) is 31.2 Å². The standard InChI is InChI=1S/C12H22N2.ClH/c1-2-4-10(5-3-1)14(11-6-7-11)12-8-13-9-12;/h10-13H,1-9H2;1H. The summed E-state index contributed by atoms with van der Waals surface area (Å²) in [7, 11) is 0. The van der Waals surface area contributed by atoms with E-state index in [0.717, 1.165) is 18.1 Å². The van der Waals surface area contributed by atoms with Crippen LogP contribution in [0.2, 0.25) is 0 Å². The van der Waals surface area contributed by atoms with Gasteiger partial charge in [-0.3, -0.25) is 4.90 Å². The molecule has 0 unspecified atom stereocenters. The summed E-state index contributed by atoms with van der Waals surface area (Å²) in [4.78, 5) is 2.88. The lowest BCUT2D eigenvalue weighted by molar-refractivity contribution is 0.0651. The van der Waals surface area contributed by atoms with E-state index in [1.54, 1.807) is 0 Å². The molecule has 1 heterocycles. The third-order valence-electron chi connectivity index (χ3n) is 4.15. The maximum atomic E-state index is 3.42. The molecular formula is C12H23ClN2. The van der Waals surface area contributed by atoms with Gasteiger partial charge in [-0.05, 0) is 25.7 Å². The quantitative estimate of drug-likeness (QED) is 0.800. The molecule has 2 aliphatic carbocycles. The first-order valence-corrected chi connectivity index (χ1v) is 6.43. The van der Waals surface area contributed by atoms with Crippen molar-refractivity contribution in [3.63, 3.8) is 0 Å². The lowest BCUT2D eigenvalue weighted by atomic mass is 9.92. The van der Waals surface area contributed by atoms with E-state index < -0.39 is 0 Å². The zero-order chi connectivity index (χ0) is 9.38. The van der Waals surface area contributed by atoms with E-state index in [1.807, 2.05) is 0 Å². The van der Waals surface area contributed by atoms with Gasteiger partial charge in [-0.2, -0.15) is 0 Å². The highest BCUT2D eigenvalue weighted by molar-refractivity contribution is 5.85. The van der Waals surface area contributed by atoms with E-state index in [1.165, 1.54) is 58.0 Å². The molecule has 0 aromatic carbocycles. The van der Waals surface area contributed by atoms with Crippen molar-refractivity contribution in [3.05, 3.63) is 0 Å². The molecule has 0 aromatic heterocycles. The molecule has 0 aromatic rings. The molecule has 1 aliphatic heterocycles. The summed E-state index contributed by atoms with van der Waals surface area (Å²) in [5.74, 6) is 0. The van der Waals surface area contributed by atoms with E-state index in [2.05, 4.69) is 10.2 Å². The van der Waals surface area contributed by atoms with Crippen molar-refractivity contribution in [1.82, 2.24) is 10.2 Å². The SMILES string of the molecule is C1CCC(N(C2CC2)C2CNC2)CC1.Cl. The van der Waals surface area contributed by atoms with Crippen LogP contribution in [-0.2, 0) is 0 Å². The first-order chi connectivity index (χ1) is 6.95. The number of nitrogens with zero attached hydrogens (tertiary/aromatic N) is 1. The largest absolute Gasteiger partial charge is 0.314 e. The normalized spacial score (nSPS) is 28.6. The minimum absolute atomic E-state index is 0. The van der Waals surface area contributed by atoms with Crippen molar-refractivity contribution in [2.75, 3.05) is 13.1 Å². The molecule has 0 radical (unpaired) electrons. The summed E-state index contributed by atoms with van der Waals surface area (Å²) in [6, 6.07) is 2.82. The topological polar surface area (TPSA) is 15.3 Å². The molecule has 1 saturated heterocycles. The lowest BCUT2D eigenvalue weighted by Crippen LogP contribution is -2.60. The molecule has 2 nitrogen and oxygen atoms in total. The number of halogens is 1. The molecule has 1 N–H and O–H groups in total. The fraction of sp³-hybridized carbons (Fsp3) is 1.00. The summed E-state index contributed by atoms with van der Waals surface area (Å²) in [6.07, 6.45) is 10.4. The molecule has 0 atom stereocenters. The van der Waals surface area contributed by atoms with Crippen molar-refractivity contribution >= 4 is 12.4 Å². The van der Waals surface area contributed by atoms with Gasteiger partial charge in [0.25, 0.3) is 0 Å². The van der Waals surface area contributed by atoms with Crippen LogP contribution in [0.3, 0.4) is 0 Å². The summed E-state index contributed by atoms with van der Waals surface area (Å²) in [5, 5.41) is 3.42. The average molecular weight is 231 g/mol. The second-order valence-electron chi connectivity index (χ2n) is 5.28. The molecule has 0 spiro atoms. The summed E-state index contributed by atoms with van der Waals surface area (Å²) in [5.41, 5.74) is 0. The highest BCUT2D eigenvalue weighted by Crippen LogP contribution is 2.35. The van der Waals surface area contributed by atoms with Crippen molar-refractivity contribution in [2.24, 2.45) is 0 Å². The number of nitrogens with one attached hydrogen (secondary N) is 1. The third kappa shape index (κ3) is 2.48. The molecule has 15 heavy (non-hydrogen) atoms. The lowest BCUT2D eigenvalue weighted by Gasteiger charge is -2.44. The zero-order valence-electron chi connectivity index (χ0n) is 9.45. The summed E-state index contributed by atoms with van der Waals surface area (Å²) >= 11 is 0. The molecule has 2 saturated carbocycles. The first kappa shape index (κ1) is 11.7. The van der Waals surface area contributed by atoms with Crippen molar-refractivity contribution in [1.29, 1.82) is 0 Å². The zero-order valence-corrected chi connectivity index (χ0v) is 10.3. The Hall–Kier alpha value is 0.210. The van der Waals surface area contributed by atoms with E-state index in [9.17, 15) is 0 Å². The van der Waals surface area contributed by atoms with Gasteiger partial charge in [-0.15, -0.1) is 12.4 Å². The molecule has 3 fully saturated rings. The van der Waals surface area contributed by atoms with Gasteiger partial charge < -0.3 is 5.32 Å². The Bertz CT molecular complexity index is 196. The molecule has 0 bridgehead atoms. The van der Waals surface area contributed by atoms with Gasteiger partial charge in [0.2, 0.25) is 0 Å². The Morgan fingerprint density at radius 2 is 1.33 bits per heavy atom. The summed E-state index contributed by atoms with van der Waals surface area (Å²) < 4.78 is 0. The number of hydrogen-bond acceptors (Lipinski definition) is 2. The van der Waals surface area contributed by atoms with Crippen LogP contribution in [0, 0.1) is 0 Å². The van der Waals surface area contributed by atoms with Crippen LogP contribution >= 0.6 is 12.4 Å². The molecule has 0 amide bonds. The summed E-state index contributed by atoms with van der Waals surface area (Å²) in [6.45, 7) is 2.51. The van der Waals surface area contributed by atoms with Crippen LogP contribution in [0.1, 0.15) is 44.9 Å². The van der Waals surface area contributed by atoms with Crippen LogP contribution in [-0.4, -0.2) is 36.1 Å². The first-order valence-electron chi connectivity index (χ1n) is 6.43. The Balaban J connectivity index is 0.000000853. The molecule has 3 heteroatoms. The van der Waals surface area contributed by atoms with Gasteiger partial charge in [-0.25, -0.2) is 0 Å². The van der Waals surface area contributed by atoms with Crippen LogP contribution in [0.25, 0.3) is 0 Å². The van der Waals surface area contributed by atoms with E-state index >= 15 is 0 Å². The molecular weight excluding hydrogens is 208 g/mol. The van der Waals surface area contributed by atoms with Crippen LogP contribution in [0.15, 0.2) is 0 Å². The highest BCUT2D eigenvalue weighted by Gasteiger charge is 2.40. The average Bonchev–Trinajstić information content (AvgIpc) is 2.96. The van der Waals surface area contributed by atoms with Gasteiger partial charge in [0.15, 0.2) is 0 Å². The van der Waals surface area contributed by atoms with Gasteiger partial charge >= 0.3 is 0 Å². The molecule has 3 rings (SSSR count). The van der Waals surface area contributed by atoms with Gasteiger partial charge in [-0.1, -0.05) is 19.3 Å². The fourth-order valence-corrected chi connectivity index (χ4v) is 3.13. The van der Waals surface area contributed by atoms with Crippen molar-refractivity contribution < 1.29 is 0 Å². The second-order valence-corrected chi connectivity index (χ2v) is 5.28. The Morgan fingerprint density at radius 3 is 1.80 bits per heavy atom. The molecule has 3 aliphatic rings. The Labute approximate surface area is 99.2 Å². The van der Waals surface area contributed by atoms with E-state index in [0.29, 0.717) is 0 Å². The predicted octanol–water partition coefficient (Wildman–Crippen LogP) is 2.18. The fourth-order valence-electron chi connectivity index (χ4n) is 3.13. The van der Waals surface area contributed by atoms with Crippen LogP contribution in [0.5, 0.6) is 0 Å². The van der Waals surface area contributed by atoms with E-state index in [4.69, 9.17) is 0 Å². The number of rotatable bonds is 3. The molecule has 88 valence electrons. The van der Waals surface area contributed by atoms with Crippen molar-refractivity contribution in [3.8, 4) is 0 Å². The number of hydrogen-bond donors (Lipinski definition) is 1. The smallest absolute Gasteiger partial charge is 0.0351 e. The monoisotopic (exact) mass is 230 g/mol. The minimum Gasteiger partial charge on any atom is -0.314 e. The van der Waals surface area contributed by atoms with Crippen LogP contribution < -0.4 is 5.32 Å². The van der Waals surface area contributed by atoms with E-state index in [-0.39, 0.29) is 12.4 Å². The Morgan fingerprint density at radius 1 is 0.733 bits per heavy atom. The highest BCUT2D eigenvalue weighted by atomic mass is 35.5. The second kappa shape index (κ2) is 5.03. The van der Waals surface area contributed by atoms with Gasteiger partial charge in [0.05, 0.1) is 0 Å². The maximum absolute atomic E-state index is 3.42. The van der Waals surface area contributed by atoms with Gasteiger partial charge in [0.1, 0.15) is 0 Å². The van der Waals surface area contributed by atoms with Crippen molar-refractivity contribution in [2.45, 2.75) is 63.1 Å². The predicted molar refractivity (Wildman–Crippen MR) is 65.6 cm³/mol. The Kier molecular flexibility index (Phi) is 3.92. The van der Waals surface area contributed by atoms with Crippen LogP contribution in [0.4, 0.5) is 0 Å². The maximum Gasteiger partial charge on any atom is 0.0351 e. The third-order valence-corrected chi connectivity index (χ3v) is 4.15. The minimum atomic E-state index is 0.